The maximum atomic E-state index is 9.50. The summed E-state index contributed by atoms with van der Waals surface area (Å²) in [6, 6.07) is 5.91. The molecule has 3 heteroatoms. The molecular weight excluding hydrogens is 252 g/mol. The molecule has 1 aromatic rings. The number of hydrogen-bond acceptors (Lipinski definition) is 2. The number of aliphatic hydroxyl groups is 1. The van der Waals surface area contributed by atoms with Crippen LogP contribution in [0.1, 0.15) is 50.7 Å². The second kappa shape index (κ2) is 6.12. The fourth-order valence-electron chi connectivity index (χ4n) is 2.24. The van der Waals surface area contributed by atoms with E-state index in [1.807, 2.05) is 30.0 Å². The second-order valence-corrected chi connectivity index (χ2v) is 6.49. The second-order valence-electron chi connectivity index (χ2n) is 4.74. The lowest BCUT2D eigenvalue weighted by atomic mass is 10.0. The van der Waals surface area contributed by atoms with Gasteiger partial charge in [-0.15, -0.1) is 11.8 Å². The van der Waals surface area contributed by atoms with Crippen LogP contribution in [0.25, 0.3) is 0 Å². The Morgan fingerprint density at radius 3 is 2.59 bits per heavy atom. The van der Waals surface area contributed by atoms with Crippen molar-refractivity contribution in [1.82, 2.24) is 0 Å². The highest BCUT2D eigenvalue weighted by molar-refractivity contribution is 8.00. The Balaban J connectivity index is 2.05. The fourth-order valence-corrected chi connectivity index (χ4v) is 3.80. The van der Waals surface area contributed by atoms with E-state index in [4.69, 9.17) is 11.6 Å². The molecule has 0 unspecified atom stereocenters. The number of hydrogen-bond donors (Lipinski definition) is 1. The summed E-state index contributed by atoms with van der Waals surface area (Å²) >= 11 is 8.16. The van der Waals surface area contributed by atoms with Gasteiger partial charge in [0.2, 0.25) is 0 Å². The van der Waals surface area contributed by atoms with Crippen LogP contribution in [0.3, 0.4) is 0 Å². The molecule has 1 aliphatic rings. The van der Waals surface area contributed by atoms with Gasteiger partial charge in [0.25, 0.3) is 0 Å². The molecule has 0 bridgehead atoms. The summed E-state index contributed by atoms with van der Waals surface area (Å²) in [5.41, 5.74) is 0.892. The number of halogens is 1. The molecule has 94 valence electrons. The number of benzene rings is 1. The van der Waals surface area contributed by atoms with E-state index in [2.05, 4.69) is 0 Å². The molecule has 0 saturated heterocycles. The van der Waals surface area contributed by atoms with Crippen LogP contribution in [0.5, 0.6) is 0 Å². The quantitative estimate of drug-likeness (QED) is 0.850. The van der Waals surface area contributed by atoms with E-state index in [1.165, 1.54) is 32.1 Å². The minimum Gasteiger partial charge on any atom is -0.389 e. The van der Waals surface area contributed by atoms with Crippen LogP contribution in [-0.4, -0.2) is 10.4 Å². The first kappa shape index (κ1) is 13.3. The molecular formula is C14H19ClOS. The summed E-state index contributed by atoms with van der Waals surface area (Å²) in [5.74, 6) is 0. The van der Waals surface area contributed by atoms with Crippen LogP contribution in [-0.2, 0) is 0 Å². The van der Waals surface area contributed by atoms with E-state index in [-0.39, 0.29) is 0 Å². The summed E-state index contributed by atoms with van der Waals surface area (Å²) in [4.78, 5) is 1.16. The van der Waals surface area contributed by atoms with Gasteiger partial charge in [0, 0.05) is 10.1 Å². The van der Waals surface area contributed by atoms with E-state index >= 15 is 0 Å². The molecule has 1 aliphatic carbocycles. The Hall–Kier alpha value is -0.180. The Kier molecular flexibility index (Phi) is 4.78. The molecule has 17 heavy (non-hydrogen) atoms. The van der Waals surface area contributed by atoms with E-state index in [1.54, 1.807) is 6.92 Å². The van der Waals surface area contributed by atoms with Gasteiger partial charge in [-0.05, 0) is 37.5 Å². The number of rotatable bonds is 3. The molecule has 0 spiro atoms. The summed E-state index contributed by atoms with van der Waals surface area (Å²) in [6.07, 6.45) is 6.24. The van der Waals surface area contributed by atoms with Crippen molar-refractivity contribution in [3.8, 4) is 0 Å². The predicted molar refractivity (Wildman–Crippen MR) is 74.8 cm³/mol. The zero-order valence-electron chi connectivity index (χ0n) is 10.2. The molecule has 1 aromatic carbocycles. The third-order valence-corrected chi connectivity index (χ3v) is 5.12. The third kappa shape index (κ3) is 3.64. The summed E-state index contributed by atoms with van der Waals surface area (Å²) in [6.45, 7) is 1.76. The van der Waals surface area contributed by atoms with Gasteiger partial charge < -0.3 is 5.11 Å². The highest BCUT2D eigenvalue weighted by Crippen LogP contribution is 2.37. The van der Waals surface area contributed by atoms with Gasteiger partial charge in [0.15, 0.2) is 0 Å². The molecule has 2 rings (SSSR count). The van der Waals surface area contributed by atoms with E-state index in [9.17, 15) is 5.11 Å². The lowest BCUT2D eigenvalue weighted by Crippen LogP contribution is -2.07. The number of aliphatic hydroxyl groups excluding tert-OH is 1. The highest BCUT2D eigenvalue weighted by Gasteiger charge is 2.16. The van der Waals surface area contributed by atoms with Crippen molar-refractivity contribution in [2.45, 2.75) is 55.3 Å². The molecule has 0 aromatic heterocycles. The maximum Gasteiger partial charge on any atom is 0.0762 e. The lowest BCUT2D eigenvalue weighted by Gasteiger charge is -2.21. The van der Waals surface area contributed by atoms with Crippen molar-refractivity contribution in [1.29, 1.82) is 0 Å². The minimum atomic E-state index is -0.443. The topological polar surface area (TPSA) is 20.2 Å². The summed E-state index contributed by atoms with van der Waals surface area (Å²) in [5, 5.41) is 11.0. The highest BCUT2D eigenvalue weighted by atomic mass is 35.5. The Bertz CT molecular complexity index is 372. The first-order chi connectivity index (χ1) is 8.16. The average molecular weight is 271 g/mol. The smallest absolute Gasteiger partial charge is 0.0762 e. The first-order valence-electron chi connectivity index (χ1n) is 6.31. The van der Waals surface area contributed by atoms with Crippen molar-refractivity contribution < 1.29 is 5.11 Å². The molecule has 1 nitrogen and oxygen atoms in total. The lowest BCUT2D eigenvalue weighted by molar-refractivity contribution is 0.199. The monoisotopic (exact) mass is 270 g/mol. The average Bonchev–Trinajstić information content (AvgIpc) is 2.33. The molecule has 0 amide bonds. The van der Waals surface area contributed by atoms with Gasteiger partial charge in [-0.1, -0.05) is 36.9 Å². The third-order valence-electron chi connectivity index (χ3n) is 3.28. The standard InChI is InChI=1S/C14H19ClOS/c1-10(16)11-7-8-14(13(15)9-11)17-12-5-3-2-4-6-12/h7-10,12,16H,2-6H2,1H3/t10-/m1/s1. The van der Waals surface area contributed by atoms with Crippen molar-refractivity contribution in [2.75, 3.05) is 0 Å². The van der Waals surface area contributed by atoms with Gasteiger partial charge in [0.1, 0.15) is 0 Å². The van der Waals surface area contributed by atoms with Crippen molar-refractivity contribution >= 4 is 23.4 Å². The van der Waals surface area contributed by atoms with E-state index < -0.39 is 6.10 Å². The van der Waals surface area contributed by atoms with Crippen LogP contribution >= 0.6 is 23.4 Å². The molecule has 0 heterocycles. The molecule has 1 saturated carbocycles. The van der Waals surface area contributed by atoms with Gasteiger partial charge in [-0.25, -0.2) is 0 Å². The van der Waals surface area contributed by atoms with Gasteiger partial charge in [0.05, 0.1) is 11.1 Å². The zero-order chi connectivity index (χ0) is 12.3. The minimum absolute atomic E-state index is 0.443. The van der Waals surface area contributed by atoms with Crippen LogP contribution in [0.2, 0.25) is 5.02 Å². The van der Waals surface area contributed by atoms with Gasteiger partial charge in [-0.3, -0.25) is 0 Å². The van der Waals surface area contributed by atoms with E-state index in [0.717, 1.165) is 20.7 Å². The predicted octanol–water partition coefficient (Wildman–Crippen LogP) is 4.82. The van der Waals surface area contributed by atoms with Crippen molar-refractivity contribution in [3.05, 3.63) is 28.8 Å². The molecule has 1 N–H and O–H groups in total. The molecule has 1 fully saturated rings. The fraction of sp³-hybridized carbons (Fsp3) is 0.571. The molecule has 1 atom stereocenters. The Morgan fingerprint density at radius 1 is 1.29 bits per heavy atom. The van der Waals surface area contributed by atoms with E-state index in [0.29, 0.717) is 0 Å². The molecule has 0 aliphatic heterocycles. The zero-order valence-corrected chi connectivity index (χ0v) is 11.7. The SMILES string of the molecule is C[C@@H](O)c1ccc(SC2CCCCC2)c(Cl)c1. The Labute approximate surface area is 113 Å². The normalized spacial score (nSPS) is 19.2. The van der Waals surface area contributed by atoms with Crippen LogP contribution in [0.4, 0.5) is 0 Å². The maximum absolute atomic E-state index is 9.50. The van der Waals surface area contributed by atoms with Gasteiger partial charge >= 0.3 is 0 Å². The summed E-state index contributed by atoms with van der Waals surface area (Å²) < 4.78 is 0. The van der Waals surface area contributed by atoms with Crippen LogP contribution in [0.15, 0.2) is 23.1 Å². The van der Waals surface area contributed by atoms with Crippen LogP contribution < -0.4 is 0 Å². The van der Waals surface area contributed by atoms with Crippen LogP contribution in [0, 0.1) is 0 Å². The largest absolute Gasteiger partial charge is 0.389 e. The first-order valence-corrected chi connectivity index (χ1v) is 7.57. The number of thioether (sulfide) groups is 1. The van der Waals surface area contributed by atoms with Gasteiger partial charge in [-0.2, -0.15) is 0 Å². The Morgan fingerprint density at radius 2 is 2.00 bits per heavy atom. The summed E-state index contributed by atoms with van der Waals surface area (Å²) in [7, 11) is 0. The van der Waals surface area contributed by atoms with Crippen molar-refractivity contribution in [2.24, 2.45) is 0 Å². The van der Waals surface area contributed by atoms with Crippen molar-refractivity contribution in [3.63, 3.8) is 0 Å². The molecule has 0 radical (unpaired) electrons.